The van der Waals surface area contributed by atoms with E-state index in [1.54, 1.807) is 27.7 Å². The molecule has 0 atom stereocenters. The highest BCUT2D eigenvalue weighted by molar-refractivity contribution is 6.32. The Bertz CT molecular complexity index is 817. The molecule has 160 valence electrons. The van der Waals surface area contributed by atoms with Crippen molar-refractivity contribution in [1.29, 1.82) is 0 Å². The zero-order valence-corrected chi connectivity index (χ0v) is 17.3. The molecule has 10 heteroatoms. The van der Waals surface area contributed by atoms with Crippen molar-refractivity contribution >= 4 is 29.4 Å². The van der Waals surface area contributed by atoms with Gasteiger partial charge in [-0.3, -0.25) is 0 Å². The van der Waals surface area contributed by atoms with E-state index in [1.807, 2.05) is 6.92 Å². The van der Waals surface area contributed by atoms with Gasteiger partial charge in [0.05, 0.1) is 13.2 Å². The molecule has 2 heterocycles. The Labute approximate surface area is 176 Å². The SMILES string of the molecule is C.CCNc1nc(C)ncc1C(=O)OCC.CCOC(=O)c1cnc(C)nc1Cl. The van der Waals surface area contributed by atoms with Crippen molar-refractivity contribution in [2.75, 3.05) is 25.1 Å². The fourth-order valence-electron chi connectivity index (χ4n) is 1.92. The predicted octanol–water partition coefficient (Wildman–Crippen LogP) is 3.64. The first kappa shape index (κ1) is 26.2. The summed E-state index contributed by atoms with van der Waals surface area (Å²) in [6, 6.07) is 0. The number of halogens is 1. The summed E-state index contributed by atoms with van der Waals surface area (Å²) in [7, 11) is 0. The lowest BCUT2D eigenvalue weighted by Gasteiger charge is -2.08. The Morgan fingerprint density at radius 1 is 0.931 bits per heavy atom. The van der Waals surface area contributed by atoms with Crippen molar-refractivity contribution in [2.24, 2.45) is 0 Å². The standard InChI is InChI=1S/C10H15N3O2.C8H9ClN2O2.CH4/c1-4-11-9-8(10(14)15-5-2)6-12-7(3)13-9;1-3-13-8(12)6-4-10-5(2)11-7(6)9;/h6H,4-5H2,1-3H3,(H,11,12,13);4H,3H2,1-2H3;1H4. The van der Waals surface area contributed by atoms with Gasteiger partial charge < -0.3 is 14.8 Å². The van der Waals surface area contributed by atoms with Gasteiger partial charge in [-0.05, 0) is 34.6 Å². The molecule has 1 N–H and O–H groups in total. The second kappa shape index (κ2) is 13.4. The maximum absolute atomic E-state index is 11.5. The lowest BCUT2D eigenvalue weighted by atomic mass is 10.3. The Balaban J connectivity index is 0.000000527. The van der Waals surface area contributed by atoms with E-state index in [2.05, 4.69) is 25.3 Å². The second-order valence-corrected chi connectivity index (χ2v) is 5.63. The quantitative estimate of drug-likeness (QED) is 0.546. The van der Waals surface area contributed by atoms with Crippen LogP contribution in [0.25, 0.3) is 0 Å². The molecule has 0 saturated carbocycles. The Kier molecular flexibility index (Phi) is 12.1. The fraction of sp³-hybridized carbons (Fsp3) is 0.474. The molecule has 0 bridgehead atoms. The van der Waals surface area contributed by atoms with Crippen LogP contribution >= 0.6 is 11.6 Å². The zero-order valence-electron chi connectivity index (χ0n) is 16.6. The molecule has 0 spiro atoms. The molecule has 2 aromatic heterocycles. The number of nitrogens with one attached hydrogen (secondary N) is 1. The second-order valence-electron chi connectivity index (χ2n) is 5.27. The van der Waals surface area contributed by atoms with Crippen molar-refractivity contribution < 1.29 is 19.1 Å². The molecule has 0 amide bonds. The van der Waals surface area contributed by atoms with Crippen LogP contribution in [0.3, 0.4) is 0 Å². The zero-order chi connectivity index (χ0) is 21.1. The van der Waals surface area contributed by atoms with Gasteiger partial charge in [0.15, 0.2) is 0 Å². The van der Waals surface area contributed by atoms with Gasteiger partial charge in [0.25, 0.3) is 0 Å². The maximum Gasteiger partial charge on any atom is 0.343 e. The average Bonchev–Trinajstić information content (AvgIpc) is 2.63. The molecule has 0 aliphatic rings. The summed E-state index contributed by atoms with van der Waals surface area (Å²) in [5, 5.41) is 3.13. The summed E-state index contributed by atoms with van der Waals surface area (Å²) in [5.41, 5.74) is 0.582. The number of carbonyl (C=O) groups is 2. The lowest BCUT2D eigenvalue weighted by Crippen LogP contribution is -2.12. The molecule has 2 rings (SSSR count). The highest BCUT2D eigenvalue weighted by atomic mass is 35.5. The molecule has 0 aliphatic heterocycles. The molecule has 2 aromatic rings. The normalized spacial score (nSPS) is 9.45. The summed E-state index contributed by atoms with van der Waals surface area (Å²) in [5.74, 6) is 0.793. The monoisotopic (exact) mass is 425 g/mol. The van der Waals surface area contributed by atoms with E-state index in [0.717, 1.165) is 0 Å². The number of anilines is 1. The van der Waals surface area contributed by atoms with E-state index in [4.69, 9.17) is 21.1 Å². The van der Waals surface area contributed by atoms with Crippen LogP contribution < -0.4 is 5.32 Å². The first-order valence-corrected chi connectivity index (χ1v) is 9.12. The first-order chi connectivity index (χ1) is 13.3. The van der Waals surface area contributed by atoms with Gasteiger partial charge in [-0.15, -0.1) is 0 Å². The lowest BCUT2D eigenvalue weighted by molar-refractivity contribution is 0.0516. The minimum absolute atomic E-state index is 0. The van der Waals surface area contributed by atoms with Crippen molar-refractivity contribution in [3.63, 3.8) is 0 Å². The Morgan fingerprint density at radius 3 is 1.90 bits per heavy atom. The fourth-order valence-corrected chi connectivity index (χ4v) is 2.17. The molecular weight excluding hydrogens is 398 g/mol. The topological polar surface area (TPSA) is 116 Å². The third kappa shape index (κ3) is 8.39. The van der Waals surface area contributed by atoms with Crippen molar-refractivity contribution in [3.8, 4) is 0 Å². The third-order valence-electron chi connectivity index (χ3n) is 3.11. The maximum atomic E-state index is 11.5. The summed E-state index contributed by atoms with van der Waals surface area (Å²) in [6.07, 6.45) is 2.85. The van der Waals surface area contributed by atoms with E-state index in [-0.39, 0.29) is 18.1 Å². The third-order valence-corrected chi connectivity index (χ3v) is 3.39. The Morgan fingerprint density at radius 2 is 1.41 bits per heavy atom. The van der Waals surface area contributed by atoms with Gasteiger partial charge in [0.1, 0.15) is 33.7 Å². The highest BCUT2D eigenvalue weighted by Crippen LogP contribution is 2.13. The van der Waals surface area contributed by atoms with Crippen LogP contribution in [0.4, 0.5) is 5.82 Å². The van der Waals surface area contributed by atoms with Gasteiger partial charge in [-0.1, -0.05) is 19.0 Å². The molecule has 0 fully saturated rings. The average molecular weight is 426 g/mol. The number of aryl methyl sites for hydroxylation is 2. The van der Waals surface area contributed by atoms with Crippen LogP contribution in [0.15, 0.2) is 12.4 Å². The largest absolute Gasteiger partial charge is 0.462 e. The van der Waals surface area contributed by atoms with Gasteiger partial charge in [0.2, 0.25) is 0 Å². The molecule has 29 heavy (non-hydrogen) atoms. The molecular formula is C19H28ClN5O4. The first-order valence-electron chi connectivity index (χ1n) is 8.74. The van der Waals surface area contributed by atoms with Gasteiger partial charge >= 0.3 is 11.9 Å². The minimum Gasteiger partial charge on any atom is -0.462 e. The smallest absolute Gasteiger partial charge is 0.343 e. The summed E-state index contributed by atoms with van der Waals surface area (Å²) < 4.78 is 9.64. The van der Waals surface area contributed by atoms with Gasteiger partial charge in [-0.2, -0.15) is 0 Å². The molecule has 9 nitrogen and oxygen atoms in total. The van der Waals surface area contributed by atoms with Crippen LogP contribution in [-0.4, -0.2) is 51.6 Å². The number of rotatable bonds is 6. The molecule has 0 saturated heterocycles. The van der Waals surface area contributed by atoms with Crippen LogP contribution in [-0.2, 0) is 9.47 Å². The van der Waals surface area contributed by atoms with E-state index < -0.39 is 11.9 Å². The number of carbonyl (C=O) groups excluding carboxylic acids is 2. The van der Waals surface area contributed by atoms with Crippen LogP contribution in [0.1, 0.15) is 60.6 Å². The predicted molar refractivity (Wildman–Crippen MR) is 111 cm³/mol. The summed E-state index contributed by atoms with van der Waals surface area (Å²) >= 11 is 5.71. The summed E-state index contributed by atoms with van der Waals surface area (Å²) in [4.78, 5) is 38.5. The number of nitrogens with zero attached hydrogens (tertiary/aromatic N) is 4. The van der Waals surface area contributed by atoms with Crippen molar-refractivity contribution in [2.45, 2.75) is 42.0 Å². The number of esters is 2. The number of hydrogen-bond donors (Lipinski definition) is 1. The van der Waals surface area contributed by atoms with Gasteiger partial charge in [0, 0.05) is 18.9 Å². The molecule has 0 aliphatic carbocycles. The molecule has 0 unspecified atom stereocenters. The Hall–Kier alpha value is -2.81. The highest BCUT2D eigenvalue weighted by Gasteiger charge is 2.14. The van der Waals surface area contributed by atoms with E-state index >= 15 is 0 Å². The molecule has 0 aromatic carbocycles. The van der Waals surface area contributed by atoms with Crippen LogP contribution in [0.2, 0.25) is 5.15 Å². The van der Waals surface area contributed by atoms with E-state index in [1.165, 1.54) is 12.4 Å². The van der Waals surface area contributed by atoms with Crippen molar-refractivity contribution in [1.82, 2.24) is 19.9 Å². The van der Waals surface area contributed by atoms with Gasteiger partial charge in [-0.25, -0.2) is 29.5 Å². The van der Waals surface area contributed by atoms with E-state index in [0.29, 0.717) is 42.8 Å². The van der Waals surface area contributed by atoms with Crippen molar-refractivity contribution in [3.05, 3.63) is 40.3 Å². The molecule has 0 radical (unpaired) electrons. The van der Waals surface area contributed by atoms with E-state index in [9.17, 15) is 9.59 Å². The number of ether oxygens (including phenoxy) is 2. The minimum atomic E-state index is -0.493. The number of aromatic nitrogens is 4. The van der Waals surface area contributed by atoms with Crippen LogP contribution in [0, 0.1) is 13.8 Å². The van der Waals surface area contributed by atoms with Crippen LogP contribution in [0.5, 0.6) is 0 Å². The summed E-state index contributed by atoms with van der Waals surface area (Å²) in [6.45, 7) is 10.2. The number of hydrogen-bond acceptors (Lipinski definition) is 9.